The number of carbonyl (C=O) groups excluding carboxylic acids is 1. The number of amides is 1. The van der Waals surface area contributed by atoms with Crippen molar-refractivity contribution >= 4 is 40.5 Å². The third-order valence-electron chi connectivity index (χ3n) is 2.58. The van der Waals surface area contributed by atoms with Crippen molar-refractivity contribution in [1.82, 2.24) is 0 Å². The highest BCUT2D eigenvalue weighted by Crippen LogP contribution is 2.20. The summed E-state index contributed by atoms with van der Waals surface area (Å²) in [4.78, 5) is 11.7. The van der Waals surface area contributed by atoms with E-state index in [1.54, 1.807) is 0 Å². The highest BCUT2D eigenvalue weighted by Gasteiger charge is 2.08. The van der Waals surface area contributed by atoms with Crippen LogP contribution in [0.1, 0.15) is 0 Å². The molecule has 1 amide bonds. The Morgan fingerprint density at radius 1 is 1.05 bits per heavy atom. The van der Waals surface area contributed by atoms with Gasteiger partial charge >= 0.3 is 0 Å². The van der Waals surface area contributed by atoms with Crippen LogP contribution < -0.4 is 10.6 Å². The zero-order valence-electron chi connectivity index (χ0n) is 10.6. The lowest BCUT2D eigenvalue weighted by atomic mass is 10.3. The maximum atomic E-state index is 13.4. The largest absolute Gasteiger partial charge is 0.376 e. The fraction of sp³-hybridized carbons (Fsp3) is 0.0714. The first-order valence-corrected chi connectivity index (χ1v) is 6.65. The van der Waals surface area contributed by atoms with Crippen LogP contribution in [0.4, 0.5) is 20.2 Å². The van der Waals surface area contributed by atoms with Crippen molar-refractivity contribution < 1.29 is 13.6 Å². The minimum atomic E-state index is -0.586. The van der Waals surface area contributed by atoms with Gasteiger partial charge in [0.2, 0.25) is 5.91 Å². The Hall–Kier alpha value is -1.85. The molecule has 3 nitrogen and oxygen atoms in total. The number of hydrogen-bond acceptors (Lipinski definition) is 2. The Labute approximate surface area is 129 Å². The first kappa shape index (κ1) is 15.5. The van der Waals surface area contributed by atoms with Crippen molar-refractivity contribution in [1.29, 1.82) is 0 Å². The molecule has 0 aliphatic rings. The summed E-state index contributed by atoms with van der Waals surface area (Å²) in [5.74, 6) is -1.61. The molecule has 0 spiro atoms. The van der Waals surface area contributed by atoms with Crippen LogP contribution in [-0.4, -0.2) is 12.5 Å². The summed E-state index contributed by atoms with van der Waals surface area (Å²) in [5.41, 5.74) is 0.467. The van der Waals surface area contributed by atoms with E-state index < -0.39 is 17.5 Å². The van der Waals surface area contributed by atoms with E-state index in [4.69, 9.17) is 23.2 Å². The summed E-state index contributed by atoms with van der Waals surface area (Å²) in [5, 5.41) is 5.38. The van der Waals surface area contributed by atoms with E-state index in [1.807, 2.05) is 0 Å². The van der Waals surface area contributed by atoms with Crippen LogP contribution >= 0.6 is 23.2 Å². The van der Waals surface area contributed by atoms with Gasteiger partial charge in [-0.2, -0.15) is 0 Å². The number of nitrogens with one attached hydrogen (secondary N) is 2. The molecule has 110 valence electrons. The predicted octanol–water partition coefficient (Wildman–Crippen LogP) is 4.32. The van der Waals surface area contributed by atoms with Gasteiger partial charge in [0, 0.05) is 10.7 Å². The minimum absolute atomic E-state index is 0.00793. The molecule has 0 fully saturated rings. The molecule has 0 aliphatic carbocycles. The number of anilines is 2. The Bertz CT molecular complexity index is 680. The highest BCUT2D eigenvalue weighted by atomic mass is 35.5. The van der Waals surface area contributed by atoms with Crippen molar-refractivity contribution in [2.75, 3.05) is 17.2 Å². The van der Waals surface area contributed by atoms with Gasteiger partial charge in [0.15, 0.2) is 0 Å². The van der Waals surface area contributed by atoms with E-state index in [9.17, 15) is 13.6 Å². The maximum absolute atomic E-state index is 13.4. The van der Waals surface area contributed by atoms with Crippen molar-refractivity contribution in [2.45, 2.75) is 0 Å². The number of rotatable bonds is 4. The highest BCUT2D eigenvalue weighted by molar-refractivity contribution is 6.31. The Morgan fingerprint density at radius 3 is 2.48 bits per heavy atom. The molecule has 2 rings (SSSR count). The van der Waals surface area contributed by atoms with Crippen molar-refractivity contribution in [3.8, 4) is 0 Å². The average molecular weight is 331 g/mol. The summed E-state index contributed by atoms with van der Waals surface area (Å²) in [7, 11) is 0. The third kappa shape index (κ3) is 4.31. The number of carbonyl (C=O) groups is 1. The van der Waals surface area contributed by atoms with Crippen molar-refractivity contribution in [3.05, 3.63) is 58.1 Å². The standard InChI is InChI=1S/C14H10Cl2F2N2O/c15-8-1-3-12(18)13(5-8)20-14(21)7-19-9-2-4-11(17)10(16)6-9/h1-6,19H,7H2,(H,20,21). The van der Waals surface area contributed by atoms with Crippen LogP contribution in [0.3, 0.4) is 0 Å². The van der Waals surface area contributed by atoms with Crippen LogP contribution in [0.25, 0.3) is 0 Å². The molecule has 0 unspecified atom stereocenters. The molecule has 0 saturated heterocycles. The SMILES string of the molecule is O=C(CNc1ccc(F)c(Cl)c1)Nc1cc(Cl)ccc1F. The smallest absolute Gasteiger partial charge is 0.243 e. The van der Waals surface area contributed by atoms with E-state index in [0.717, 1.165) is 6.07 Å². The molecule has 0 aromatic heterocycles. The molecule has 0 aliphatic heterocycles. The lowest BCUT2D eigenvalue weighted by Gasteiger charge is -2.09. The van der Waals surface area contributed by atoms with E-state index >= 15 is 0 Å². The molecule has 0 heterocycles. The summed E-state index contributed by atoms with van der Waals surface area (Å²) in [6.45, 7) is -0.131. The molecule has 2 aromatic rings. The summed E-state index contributed by atoms with van der Waals surface area (Å²) >= 11 is 11.3. The molecule has 0 radical (unpaired) electrons. The van der Waals surface area contributed by atoms with Gasteiger partial charge in [-0.1, -0.05) is 23.2 Å². The molecular weight excluding hydrogens is 321 g/mol. The molecule has 0 atom stereocenters. The number of halogens is 4. The van der Waals surface area contributed by atoms with Gasteiger partial charge in [-0.15, -0.1) is 0 Å². The molecule has 0 saturated carbocycles. The third-order valence-corrected chi connectivity index (χ3v) is 3.10. The van der Waals surface area contributed by atoms with Crippen LogP contribution in [0.2, 0.25) is 10.0 Å². The molecular formula is C14H10Cl2F2N2O. The van der Waals surface area contributed by atoms with Gasteiger partial charge in [-0.3, -0.25) is 4.79 Å². The van der Waals surface area contributed by atoms with E-state index in [2.05, 4.69) is 10.6 Å². The van der Waals surface area contributed by atoms with Crippen LogP contribution in [0.15, 0.2) is 36.4 Å². The van der Waals surface area contributed by atoms with Gasteiger partial charge < -0.3 is 10.6 Å². The van der Waals surface area contributed by atoms with E-state index in [0.29, 0.717) is 10.7 Å². The zero-order chi connectivity index (χ0) is 15.4. The molecule has 7 heteroatoms. The van der Waals surface area contributed by atoms with Crippen LogP contribution in [0, 0.1) is 11.6 Å². The zero-order valence-corrected chi connectivity index (χ0v) is 12.1. The Kier molecular flexibility index (Phi) is 4.98. The first-order chi connectivity index (χ1) is 9.95. The Morgan fingerprint density at radius 2 is 1.76 bits per heavy atom. The van der Waals surface area contributed by atoms with Gasteiger partial charge in [0.05, 0.1) is 17.3 Å². The van der Waals surface area contributed by atoms with E-state index in [1.165, 1.54) is 30.3 Å². The van der Waals surface area contributed by atoms with Gasteiger partial charge in [0.25, 0.3) is 0 Å². The fourth-order valence-corrected chi connectivity index (χ4v) is 1.93. The second-order valence-electron chi connectivity index (χ2n) is 4.15. The minimum Gasteiger partial charge on any atom is -0.376 e. The van der Waals surface area contributed by atoms with Crippen molar-refractivity contribution in [3.63, 3.8) is 0 Å². The normalized spacial score (nSPS) is 10.3. The lowest BCUT2D eigenvalue weighted by molar-refractivity contribution is -0.114. The average Bonchev–Trinajstić information content (AvgIpc) is 2.44. The quantitative estimate of drug-likeness (QED) is 0.876. The van der Waals surface area contributed by atoms with Crippen LogP contribution in [0.5, 0.6) is 0 Å². The summed E-state index contributed by atoms with van der Waals surface area (Å²) < 4.78 is 26.4. The molecule has 2 aromatic carbocycles. The van der Waals surface area contributed by atoms with Gasteiger partial charge in [-0.25, -0.2) is 8.78 Å². The summed E-state index contributed by atoms with van der Waals surface area (Å²) in [6, 6.07) is 7.82. The second-order valence-corrected chi connectivity index (χ2v) is 5.00. The second kappa shape index (κ2) is 6.74. The van der Waals surface area contributed by atoms with Crippen molar-refractivity contribution in [2.24, 2.45) is 0 Å². The number of benzene rings is 2. The molecule has 0 bridgehead atoms. The fourth-order valence-electron chi connectivity index (χ4n) is 1.58. The number of hydrogen-bond donors (Lipinski definition) is 2. The first-order valence-electron chi connectivity index (χ1n) is 5.89. The van der Waals surface area contributed by atoms with Gasteiger partial charge in [0.1, 0.15) is 11.6 Å². The van der Waals surface area contributed by atoms with Gasteiger partial charge in [-0.05, 0) is 36.4 Å². The molecule has 21 heavy (non-hydrogen) atoms. The molecule has 2 N–H and O–H groups in total. The predicted molar refractivity (Wildman–Crippen MR) is 79.9 cm³/mol. The van der Waals surface area contributed by atoms with E-state index in [-0.39, 0.29) is 17.3 Å². The Balaban J connectivity index is 1.95. The lowest BCUT2D eigenvalue weighted by Crippen LogP contribution is -2.22. The topological polar surface area (TPSA) is 41.1 Å². The summed E-state index contributed by atoms with van der Waals surface area (Å²) in [6.07, 6.45) is 0. The maximum Gasteiger partial charge on any atom is 0.243 e. The van der Waals surface area contributed by atoms with Crippen LogP contribution in [-0.2, 0) is 4.79 Å². The monoisotopic (exact) mass is 330 g/mol.